The van der Waals surface area contributed by atoms with E-state index >= 15 is 0 Å². The second-order valence-corrected chi connectivity index (χ2v) is 5.71. The molecule has 2 atom stereocenters. The maximum absolute atomic E-state index is 11.2. The van der Waals surface area contributed by atoms with Gasteiger partial charge in [-0.3, -0.25) is 4.99 Å². The zero-order valence-electron chi connectivity index (χ0n) is 11.3. The van der Waals surface area contributed by atoms with E-state index < -0.39 is 12.3 Å². The van der Waals surface area contributed by atoms with E-state index in [1.807, 2.05) is 12.1 Å². The van der Waals surface area contributed by atoms with Crippen molar-refractivity contribution in [2.75, 3.05) is 5.32 Å². The van der Waals surface area contributed by atoms with Gasteiger partial charge < -0.3 is 15.2 Å². The number of nitrogens with zero attached hydrogens (tertiary/aromatic N) is 1. The van der Waals surface area contributed by atoms with Gasteiger partial charge in [0.05, 0.1) is 5.71 Å². The minimum atomic E-state index is -1.21. The Kier molecular flexibility index (Phi) is 4.16. The summed E-state index contributed by atoms with van der Waals surface area (Å²) in [6.07, 6.45) is -0.586. The molecule has 1 aliphatic rings. The number of hydrogen-bond donors (Lipinski definition) is 2. The minimum Gasteiger partial charge on any atom is -0.371 e. The zero-order chi connectivity index (χ0) is 15.7. The van der Waals surface area contributed by atoms with E-state index in [1.165, 1.54) is 0 Å². The number of benzene rings is 2. The van der Waals surface area contributed by atoms with Crippen molar-refractivity contribution in [1.29, 1.82) is 0 Å². The van der Waals surface area contributed by atoms with Crippen molar-refractivity contribution in [3.63, 3.8) is 0 Å². The highest BCUT2D eigenvalue weighted by Crippen LogP contribution is 2.30. The summed E-state index contributed by atoms with van der Waals surface area (Å²) in [6, 6.07) is 11.5. The average molecular weight is 335 g/mol. The Bertz CT molecular complexity index is 762. The molecule has 0 amide bonds. The van der Waals surface area contributed by atoms with Gasteiger partial charge >= 0.3 is 0 Å². The van der Waals surface area contributed by atoms with E-state index in [4.69, 9.17) is 23.2 Å². The number of aliphatic hydroxyl groups is 1. The summed E-state index contributed by atoms with van der Waals surface area (Å²) >= 11 is 12.3. The molecule has 1 aliphatic heterocycles. The first-order valence-corrected chi connectivity index (χ1v) is 7.38. The highest BCUT2D eigenvalue weighted by molar-refractivity contribution is 6.36. The van der Waals surface area contributed by atoms with E-state index in [1.54, 1.807) is 30.3 Å². The van der Waals surface area contributed by atoms with Gasteiger partial charge in [0.1, 0.15) is 12.3 Å². The number of aliphatic imine (C=N–C) groups is 1. The molecule has 1 heterocycles. The summed E-state index contributed by atoms with van der Waals surface area (Å²) in [5, 5.41) is 14.2. The lowest BCUT2D eigenvalue weighted by Gasteiger charge is -2.14. The van der Waals surface area contributed by atoms with Crippen LogP contribution in [0.15, 0.2) is 47.5 Å². The molecule has 22 heavy (non-hydrogen) atoms. The van der Waals surface area contributed by atoms with E-state index in [0.717, 1.165) is 0 Å². The Labute approximate surface area is 137 Å². The van der Waals surface area contributed by atoms with Crippen LogP contribution in [-0.2, 0) is 4.79 Å². The third-order valence-corrected chi connectivity index (χ3v) is 3.98. The van der Waals surface area contributed by atoms with Gasteiger partial charge in [-0.25, -0.2) is 0 Å². The Morgan fingerprint density at radius 1 is 1.14 bits per heavy atom. The van der Waals surface area contributed by atoms with E-state index in [0.29, 0.717) is 38.9 Å². The van der Waals surface area contributed by atoms with Crippen LogP contribution in [0, 0.1) is 0 Å². The van der Waals surface area contributed by atoms with Gasteiger partial charge in [-0.15, -0.1) is 0 Å². The standard InChI is InChI=1S/C16H12Cl2N2O2/c17-9-5-6-13-11(7-9)15(10-3-1-2-4-12(10)18)20-16(22)14(8-21)19-13/h1-8,14,16,19,22H. The lowest BCUT2D eigenvalue weighted by atomic mass is 10.0. The largest absolute Gasteiger partial charge is 0.371 e. The van der Waals surface area contributed by atoms with Crippen LogP contribution < -0.4 is 5.32 Å². The van der Waals surface area contributed by atoms with Crippen LogP contribution in [0.4, 0.5) is 5.69 Å². The van der Waals surface area contributed by atoms with Crippen molar-refractivity contribution in [2.24, 2.45) is 4.99 Å². The number of hydrogen-bond acceptors (Lipinski definition) is 4. The Balaban J connectivity index is 2.25. The highest BCUT2D eigenvalue weighted by Gasteiger charge is 2.26. The second-order valence-electron chi connectivity index (χ2n) is 4.87. The number of benzodiazepines with no additional fused rings is 1. The van der Waals surface area contributed by atoms with Gasteiger partial charge in [0, 0.05) is 26.9 Å². The van der Waals surface area contributed by atoms with Crippen LogP contribution in [0.5, 0.6) is 0 Å². The highest BCUT2D eigenvalue weighted by atomic mass is 35.5. The number of rotatable bonds is 2. The number of nitrogens with one attached hydrogen (secondary N) is 1. The van der Waals surface area contributed by atoms with Gasteiger partial charge in [-0.05, 0) is 24.3 Å². The van der Waals surface area contributed by atoms with E-state index in [9.17, 15) is 9.90 Å². The predicted octanol–water partition coefficient (Wildman–Crippen LogP) is 3.14. The van der Waals surface area contributed by atoms with E-state index in [-0.39, 0.29) is 0 Å². The first-order valence-electron chi connectivity index (χ1n) is 6.62. The fourth-order valence-corrected chi connectivity index (χ4v) is 2.74. The quantitative estimate of drug-likeness (QED) is 0.829. The topological polar surface area (TPSA) is 61.7 Å². The lowest BCUT2D eigenvalue weighted by Crippen LogP contribution is -2.32. The summed E-state index contributed by atoms with van der Waals surface area (Å²) in [5.41, 5.74) is 2.51. The van der Waals surface area contributed by atoms with Crippen LogP contribution in [0.3, 0.4) is 0 Å². The van der Waals surface area contributed by atoms with Crippen LogP contribution in [0.1, 0.15) is 11.1 Å². The number of halogens is 2. The van der Waals surface area contributed by atoms with Gasteiger partial charge in [0.15, 0.2) is 6.23 Å². The van der Waals surface area contributed by atoms with Crippen molar-refractivity contribution < 1.29 is 9.90 Å². The SMILES string of the molecule is O=CC1Nc2ccc(Cl)cc2C(c2ccccc2Cl)=NC1O. The predicted molar refractivity (Wildman–Crippen MR) is 88.0 cm³/mol. The van der Waals surface area contributed by atoms with Crippen molar-refractivity contribution in [2.45, 2.75) is 12.3 Å². The third kappa shape index (κ3) is 2.73. The Morgan fingerprint density at radius 3 is 2.64 bits per heavy atom. The summed E-state index contributed by atoms with van der Waals surface area (Å²) < 4.78 is 0. The number of carbonyl (C=O) groups excluding carboxylic acids is 1. The molecule has 2 aromatic rings. The normalized spacial score (nSPS) is 20.4. The number of anilines is 1. The first-order chi connectivity index (χ1) is 10.6. The van der Waals surface area contributed by atoms with Crippen LogP contribution in [-0.4, -0.2) is 29.4 Å². The van der Waals surface area contributed by atoms with Crippen molar-refractivity contribution in [3.05, 3.63) is 63.6 Å². The fraction of sp³-hybridized carbons (Fsp3) is 0.125. The fourth-order valence-electron chi connectivity index (χ4n) is 2.35. The Hall–Kier alpha value is -1.88. The van der Waals surface area contributed by atoms with Gasteiger partial charge in [0.2, 0.25) is 0 Å². The lowest BCUT2D eigenvalue weighted by molar-refractivity contribution is -0.110. The molecule has 2 N–H and O–H groups in total. The molecule has 2 aromatic carbocycles. The van der Waals surface area contributed by atoms with Gasteiger partial charge in [-0.1, -0.05) is 41.4 Å². The molecule has 0 saturated carbocycles. The molecule has 4 nitrogen and oxygen atoms in total. The van der Waals surface area contributed by atoms with Crippen molar-refractivity contribution >= 4 is 40.9 Å². The molecule has 0 radical (unpaired) electrons. The molecular weight excluding hydrogens is 323 g/mol. The molecule has 2 unspecified atom stereocenters. The first kappa shape index (κ1) is 15.0. The Morgan fingerprint density at radius 2 is 1.91 bits per heavy atom. The molecule has 0 fully saturated rings. The van der Waals surface area contributed by atoms with Gasteiger partial charge in [0.25, 0.3) is 0 Å². The molecule has 112 valence electrons. The molecule has 3 rings (SSSR count). The number of aliphatic hydroxyl groups excluding tert-OH is 1. The zero-order valence-corrected chi connectivity index (χ0v) is 12.8. The number of aldehydes is 1. The average Bonchev–Trinajstić information content (AvgIpc) is 2.64. The summed E-state index contributed by atoms with van der Waals surface area (Å²) in [7, 11) is 0. The molecule has 0 bridgehead atoms. The van der Waals surface area contributed by atoms with Crippen LogP contribution >= 0.6 is 23.2 Å². The number of fused-ring (bicyclic) bond motifs is 1. The van der Waals surface area contributed by atoms with Gasteiger partial charge in [-0.2, -0.15) is 0 Å². The van der Waals surface area contributed by atoms with Crippen molar-refractivity contribution in [3.8, 4) is 0 Å². The number of carbonyl (C=O) groups is 1. The third-order valence-electron chi connectivity index (χ3n) is 3.42. The summed E-state index contributed by atoms with van der Waals surface area (Å²) in [5.74, 6) is 0. The molecule has 0 saturated heterocycles. The molecule has 0 aromatic heterocycles. The maximum atomic E-state index is 11.2. The van der Waals surface area contributed by atoms with Crippen LogP contribution in [0.2, 0.25) is 10.0 Å². The summed E-state index contributed by atoms with van der Waals surface area (Å²) in [6.45, 7) is 0. The second kappa shape index (κ2) is 6.08. The smallest absolute Gasteiger partial charge is 0.172 e. The maximum Gasteiger partial charge on any atom is 0.172 e. The molecule has 0 spiro atoms. The molecular formula is C16H12Cl2N2O2. The minimum absolute atomic E-state index is 0.493. The molecule has 0 aliphatic carbocycles. The van der Waals surface area contributed by atoms with E-state index in [2.05, 4.69) is 10.3 Å². The monoisotopic (exact) mass is 334 g/mol. The van der Waals surface area contributed by atoms with Crippen LogP contribution in [0.25, 0.3) is 0 Å². The molecule has 6 heteroatoms. The summed E-state index contributed by atoms with van der Waals surface area (Å²) in [4.78, 5) is 15.4. The van der Waals surface area contributed by atoms with Crippen molar-refractivity contribution in [1.82, 2.24) is 0 Å².